The zero-order chi connectivity index (χ0) is 32.3. The van der Waals surface area contributed by atoms with Crippen molar-refractivity contribution in [2.75, 3.05) is 4.90 Å². The Balaban J connectivity index is 1.16. The van der Waals surface area contributed by atoms with Gasteiger partial charge in [-0.2, -0.15) is 0 Å². The molecule has 3 heteroatoms. The molecule has 0 bridgehead atoms. The van der Waals surface area contributed by atoms with Crippen LogP contribution in [0.3, 0.4) is 0 Å². The maximum Gasteiger partial charge on any atom is 0.143 e. The zero-order valence-electron chi connectivity index (χ0n) is 26.7. The normalized spacial score (nSPS) is 14.5. The van der Waals surface area contributed by atoms with Gasteiger partial charge in [-0.25, -0.2) is 0 Å². The lowest BCUT2D eigenvalue weighted by molar-refractivity contribution is 0.672. The molecule has 0 aliphatic heterocycles. The van der Waals surface area contributed by atoms with Crippen LogP contribution in [0.25, 0.3) is 64.0 Å². The molecule has 2 nitrogen and oxygen atoms in total. The third-order valence-electron chi connectivity index (χ3n) is 10.00. The molecule has 232 valence electrons. The fourth-order valence-corrected chi connectivity index (χ4v) is 8.65. The van der Waals surface area contributed by atoms with Crippen LogP contribution in [0, 0.1) is 0 Å². The van der Waals surface area contributed by atoms with Gasteiger partial charge in [-0.05, 0) is 83.6 Å². The van der Waals surface area contributed by atoms with E-state index in [0.29, 0.717) is 5.92 Å². The third-order valence-corrected chi connectivity index (χ3v) is 11.1. The first-order valence-corrected chi connectivity index (χ1v) is 17.7. The van der Waals surface area contributed by atoms with Crippen LogP contribution in [0.15, 0.2) is 174 Å². The Kier molecular flexibility index (Phi) is 6.53. The second-order valence-corrected chi connectivity index (χ2v) is 13.9. The molecule has 9 aromatic rings. The van der Waals surface area contributed by atoms with Crippen molar-refractivity contribution in [3.63, 3.8) is 0 Å². The summed E-state index contributed by atoms with van der Waals surface area (Å²) in [5.74, 6) is 0.405. The minimum absolute atomic E-state index is 0.405. The molecule has 1 unspecified atom stereocenters. The smallest absolute Gasteiger partial charge is 0.143 e. The molecule has 1 atom stereocenters. The van der Waals surface area contributed by atoms with Gasteiger partial charge in [-0.3, -0.25) is 0 Å². The molecule has 10 rings (SSSR count). The number of hydrogen-bond donors (Lipinski definition) is 0. The van der Waals surface area contributed by atoms with Gasteiger partial charge in [0.25, 0.3) is 0 Å². The van der Waals surface area contributed by atoms with Crippen LogP contribution < -0.4 is 4.90 Å². The molecule has 0 radical (unpaired) electrons. The van der Waals surface area contributed by atoms with E-state index in [0.717, 1.165) is 56.4 Å². The maximum atomic E-state index is 6.48. The van der Waals surface area contributed by atoms with Gasteiger partial charge in [0.1, 0.15) is 11.2 Å². The van der Waals surface area contributed by atoms with Crippen molar-refractivity contribution in [2.45, 2.75) is 12.3 Å². The molecule has 0 saturated carbocycles. The average Bonchev–Trinajstić information content (AvgIpc) is 3.74. The van der Waals surface area contributed by atoms with E-state index in [1.165, 1.54) is 36.7 Å². The fourth-order valence-electron chi connectivity index (χ4n) is 7.56. The third kappa shape index (κ3) is 4.69. The number of furan rings is 1. The molecule has 2 heterocycles. The van der Waals surface area contributed by atoms with Crippen molar-refractivity contribution in [2.24, 2.45) is 0 Å². The van der Waals surface area contributed by atoms with Crippen molar-refractivity contribution in [1.82, 2.24) is 0 Å². The zero-order valence-corrected chi connectivity index (χ0v) is 27.5. The van der Waals surface area contributed by atoms with Crippen LogP contribution in [-0.2, 0) is 0 Å². The minimum atomic E-state index is 0.405. The van der Waals surface area contributed by atoms with Crippen LogP contribution in [0.5, 0.6) is 0 Å². The average molecular weight is 646 g/mol. The van der Waals surface area contributed by atoms with E-state index in [9.17, 15) is 0 Å². The lowest BCUT2D eigenvalue weighted by atomic mass is 9.92. The minimum Gasteiger partial charge on any atom is -0.455 e. The van der Waals surface area contributed by atoms with Crippen molar-refractivity contribution in [1.29, 1.82) is 0 Å². The summed E-state index contributed by atoms with van der Waals surface area (Å²) in [4.78, 5) is 2.42. The predicted octanol–water partition coefficient (Wildman–Crippen LogP) is 13.8. The van der Waals surface area contributed by atoms with Crippen LogP contribution in [0.1, 0.15) is 17.9 Å². The molecule has 0 N–H and O–H groups in total. The standard InChI is InChI=1S/C46H31NOS/c1-2-10-30(11-3-1)31-18-22-34(23-19-31)47(35-24-27-45-41(29-35)38-15-7-9-17-44(38)49-45)42-16-8-6-13-36(42)33-21-26-43-40(28-33)39-25-20-32-12-4-5-14-37(32)46(39)48-43/h1-10,12-30H,11H2. The first kappa shape index (κ1) is 28.1. The molecule has 2 aromatic heterocycles. The van der Waals surface area contributed by atoms with Crippen molar-refractivity contribution < 1.29 is 4.42 Å². The van der Waals surface area contributed by atoms with Crippen LogP contribution in [0.4, 0.5) is 17.1 Å². The maximum absolute atomic E-state index is 6.48. The SMILES string of the molecule is C1=CCC(c2ccc(N(c3ccc4sc5ccccc5c4c3)c3ccccc3-c3ccc4oc5c6ccccc6ccc5c4c3)cc2)C=C1. The van der Waals surface area contributed by atoms with Gasteiger partial charge in [0, 0.05) is 59.2 Å². The van der Waals surface area contributed by atoms with E-state index in [4.69, 9.17) is 4.42 Å². The molecule has 0 spiro atoms. The molecule has 0 saturated heterocycles. The summed E-state index contributed by atoms with van der Waals surface area (Å²) >= 11 is 1.86. The van der Waals surface area contributed by atoms with Crippen LogP contribution in [0.2, 0.25) is 0 Å². The summed E-state index contributed by atoms with van der Waals surface area (Å²) in [6.07, 6.45) is 9.89. The van der Waals surface area contributed by atoms with Gasteiger partial charge in [0.2, 0.25) is 0 Å². The molecular weight excluding hydrogens is 615 g/mol. The van der Waals surface area contributed by atoms with Crippen molar-refractivity contribution in [3.8, 4) is 11.1 Å². The topological polar surface area (TPSA) is 16.4 Å². The lowest BCUT2D eigenvalue weighted by Crippen LogP contribution is -2.11. The second kappa shape index (κ2) is 11.4. The second-order valence-electron chi connectivity index (χ2n) is 12.9. The number of para-hydroxylation sites is 1. The van der Waals surface area contributed by atoms with E-state index < -0.39 is 0 Å². The Morgan fingerprint density at radius 1 is 0.571 bits per heavy atom. The highest BCUT2D eigenvalue weighted by molar-refractivity contribution is 7.25. The summed E-state index contributed by atoms with van der Waals surface area (Å²) in [6, 6.07) is 53.1. The molecule has 0 amide bonds. The van der Waals surface area contributed by atoms with Gasteiger partial charge in [0.05, 0.1) is 5.69 Å². The highest BCUT2D eigenvalue weighted by Gasteiger charge is 2.20. The lowest BCUT2D eigenvalue weighted by Gasteiger charge is -2.28. The summed E-state index contributed by atoms with van der Waals surface area (Å²) < 4.78 is 9.10. The predicted molar refractivity (Wildman–Crippen MR) is 210 cm³/mol. The Bertz CT molecular complexity index is 2760. The summed E-state index contributed by atoms with van der Waals surface area (Å²) in [7, 11) is 0. The Hall–Kier alpha value is -5.90. The van der Waals surface area contributed by atoms with Gasteiger partial charge < -0.3 is 9.32 Å². The first-order chi connectivity index (χ1) is 24.3. The summed E-state index contributed by atoms with van der Waals surface area (Å²) in [5, 5.41) is 7.19. The number of allylic oxidation sites excluding steroid dienone is 4. The molecular formula is C46H31NOS. The number of rotatable bonds is 5. The largest absolute Gasteiger partial charge is 0.455 e. The number of benzene rings is 7. The van der Waals surface area contributed by atoms with Crippen LogP contribution >= 0.6 is 11.3 Å². The molecule has 7 aromatic carbocycles. The van der Waals surface area contributed by atoms with E-state index in [1.807, 2.05) is 11.3 Å². The van der Waals surface area contributed by atoms with Crippen molar-refractivity contribution >= 4 is 81.3 Å². The highest BCUT2D eigenvalue weighted by Crippen LogP contribution is 2.45. The van der Waals surface area contributed by atoms with E-state index >= 15 is 0 Å². The Labute approximate surface area is 288 Å². The number of anilines is 3. The van der Waals surface area contributed by atoms with E-state index in [-0.39, 0.29) is 0 Å². The molecule has 1 aliphatic rings. The number of thiophene rings is 1. The first-order valence-electron chi connectivity index (χ1n) is 16.9. The van der Waals surface area contributed by atoms with Gasteiger partial charge in [-0.15, -0.1) is 11.3 Å². The number of hydrogen-bond acceptors (Lipinski definition) is 3. The van der Waals surface area contributed by atoms with E-state index in [1.54, 1.807) is 0 Å². The summed E-state index contributed by atoms with van der Waals surface area (Å²) in [5.41, 5.74) is 8.90. The van der Waals surface area contributed by atoms with E-state index in [2.05, 4.69) is 175 Å². The van der Waals surface area contributed by atoms with Crippen LogP contribution in [-0.4, -0.2) is 0 Å². The highest BCUT2D eigenvalue weighted by atomic mass is 32.1. The monoisotopic (exact) mass is 645 g/mol. The molecule has 49 heavy (non-hydrogen) atoms. The molecule has 0 fully saturated rings. The van der Waals surface area contributed by atoms with Gasteiger partial charge >= 0.3 is 0 Å². The Morgan fingerprint density at radius 2 is 1.37 bits per heavy atom. The molecule has 1 aliphatic carbocycles. The van der Waals surface area contributed by atoms with Gasteiger partial charge in [-0.1, -0.05) is 109 Å². The Morgan fingerprint density at radius 3 is 2.27 bits per heavy atom. The number of nitrogens with zero attached hydrogens (tertiary/aromatic N) is 1. The quantitative estimate of drug-likeness (QED) is 0.185. The number of fused-ring (bicyclic) bond motifs is 8. The fraction of sp³-hybridized carbons (Fsp3) is 0.0435. The van der Waals surface area contributed by atoms with Crippen molar-refractivity contribution in [3.05, 3.63) is 175 Å². The summed E-state index contributed by atoms with van der Waals surface area (Å²) in [6.45, 7) is 0. The van der Waals surface area contributed by atoms with Gasteiger partial charge in [0.15, 0.2) is 0 Å².